The average molecular weight is 354 g/mol. The van der Waals surface area contributed by atoms with Crippen LogP contribution in [0, 0.1) is 6.92 Å². The molecule has 7 nitrogen and oxygen atoms in total. The minimum absolute atomic E-state index is 0.0300. The number of benzene rings is 1. The van der Waals surface area contributed by atoms with Crippen LogP contribution < -0.4 is 15.3 Å². The van der Waals surface area contributed by atoms with Crippen LogP contribution in [0.4, 0.5) is 5.82 Å². The summed E-state index contributed by atoms with van der Waals surface area (Å²) in [6.45, 7) is 1.75. The first-order valence-electron chi connectivity index (χ1n) is 7.85. The monoisotopic (exact) mass is 354 g/mol. The van der Waals surface area contributed by atoms with Crippen molar-refractivity contribution in [3.05, 3.63) is 45.9 Å². The van der Waals surface area contributed by atoms with Crippen LogP contribution >= 0.6 is 0 Å². The van der Waals surface area contributed by atoms with Crippen molar-refractivity contribution in [2.45, 2.75) is 6.92 Å². The summed E-state index contributed by atoms with van der Waals surface area (Å²) in [5.74, 6) is 0.525. The molecule has 0 aliphatic rings. The number of anilines is 1. The summed E-state index contributed by atoms with van der Waals surface area (Å²) in [7, 11) is 5.13. The van der Waals surface area contributed by atoms with Gasteiger partial charge in [0.1, 0.15) is 11.4 Å². The second kappa shape index (κ2) is 6.51. The molecule has 0 fully saturated rings. The van der Waals surface area contributed by atoms with Gasteiger partial charge in [0.2, 0.25) is 0 Å². The molecule has 0 bridgehead atoms. The quantitative estimate of drug-likeness (QED) is 0.569. The van der Waals surface area contributed by atoms with Crippen molar-refractivity contribution in [2.24, 2.45) is 0 Å². The van der Waals surface area contributed by atoms with Crippen LogP contribution in [-0.2, 0) is 0 Å². The summed E-state index contributed by atoms with van der Waals surface area (Å²) in [5.41, 5.74) is 0.858. The number of rotatable bonds is 4. The standard InChI is InChI=1S/C19H18N2O5/c1-10-12-7-14(25-4)17(23)13(9-22)18(12)26-19(24)16(10)11-5-6-15(20-8-11)21(2)3/h5-9,23H,1-4H3. The number of carbonyl (C=O) groups is 1. The Hall–Kier alpha value is -3.35. The zero-order valence-corrected chi connectivity index (χ0v) is 14.9. The van der Waals surface area contributed by atoms with Gasteiger partial charge in [0.15, 0.2) is 23.4 Å². The van der Waals surface area contributed by atoms with E-state index in [0.29, 0.717) is 28.4 Å². The van der Waals surface area contributed by atoms with Crippen molar-refractivity contribution in [2.75, 3.05) is 26.1 Å². The molecule has 0 aliphatic heterocycles. The van der Waals surface area contributed by atoms with E-state index in [1.807, 2.05) is 19.0 Å². The predicted molar refractivity (Wildman–Crippen MR) is 98.4 cm³/mol. The number of carbonyl (C=O) groups excluding carboxylic acids is 1. The molecule has 2 heterocycles. The number of fused-ring (bicyclic) bond motifs is 1. The van der Waals surface area contributed by atoms with Crippen LogP contribution in [0.25, 0.3) is 22.1 Å². The molecule has 3 rings (SSSR count). The molecular weight excluding hydrogens is 336 g/mol. The highest BCUT2D eigenvalue weighted by molar-refractivity contribution is 6.01. The first kappa shape index (κ1) is 17.5. The number of phenols is 1. The number of aromatic hydroxyl groups is 1. The Morgan fingerprint density at radius 1 is 1.31 bits per heavy atom. The summed E-state index contributed by atoms with van der Waals surface area (Å²) < 4.78 is 10.5. The van der Waals surface area contributed by atoms with E-state index in [4.69, 9.17) is 9.15 Å². The summed E-state index contributed by atoms with van der Waals surface area (Å²) in [6, 6.07) is 5.12. The maximum Gasteiger partial charge on any atom is 0.344 e. The van der Waals surface area contributed by atoms with Crippen molar-refractivity contribution in [3.63, 3.8) is 0 Å². The van der Waals surface area contributed by atoms with Gasteiger partial charge in [0, 0.05) is 31.2 Å². The minimum Gasteiger partial charge on any atom is -0.504 e. The van der Waals surface area contributed by atoms with Crippen LogP contribution in [0.2, 0.25) is 0 Å². The van der Waals surface area contributed by atoms with E-state index >= 15 is 0 Å². The summed E-state index contributed by atoms with van der Waals surface area (Å²) in [6.07, 6.45) is 2.04. The van der Waals surface area contributed by atoms with Gasteiger partial charge < -0.3 is 19.2 Å². The van der Waals surface area contributed by atoms with Gasteiger partial charge >= 0.3 is 5.63 Å². The Morgan fingerprint density at radius 3 is 2.58 bits per heavy atom. The Labute approximate surface area is 149 Å². The second-order valence-electron chi connectivity index (χ2n) is 6.02. The van der Waals surface area contributed by atoms with E-state index in [1.165, 1.54) is 7.11 Å². The first-order chi connectivity index (χ1) is 12.4. The third-order valence-electron chi connectivity index (χ3n) is 4.26. The summed E-state index contributed by atoms with van der Waals surface area (Å²) in [5, 5.41) is 10.6. The first-order valence-corrected chi connectivity index (χ1v) is 7.85. The SMILES string of the molecule is COc1cc2c(C)c(-c3ccc(N(C)C)nc3)c(=O)oc2c(C=O)c1O. The molecule has 7 heteroatoms. The van der Waals surface area contributed by atoms with Crippen LogP contribution in [0.1, 0.15) is 15.9 Å². The number of methoxy groups -OCH3 is 1. The van der Waals surface area contributed by atoms with Crippen LogP contribution in [0.15, 0.2) is 33.6 Å². The molecule has 134 valence electrons. The molecule has 0 saturated heterocycles. The molecule has 2 aromatic heterocycles. The molecule has 1 N–H and O–H groups in total. The zero-order chi connectivity index (χ0) is 19.0. The highest BCUT2D eigenvalue weighted by Crippen LogP contribution is 2.38. The van der Waals surface area contributed by atoms with Crippen LogP contribution in [0.3, 0.4) is 0 Å². The molecule has 1 aromatic carbocycles. The van der Waals surface area contributed by atoms with E-state index in [-0.39, 0.29) is 22.6 Å². The van der Waals surface area contributed by atoms with E-state index in [9.17, 15) is 14.7 Å². The lowest BCUT2D eigenvalue weighted by Crippen LogP contribution is -2.11. The summed E-state index contributed by atoms with van der Waals surface area (Å²) >= 11 is 0. The lowest BCUT2D eigenvalue weighted by molar-refractivity contribution is 0.112. The maximum absolute atomic E-state index is 12.6. The van der Waals surface area contributed by atoms with Gasteiger partial charge in [-0.1, -0.05) is 0 Å². The molecule has 0 radical (unpaired) electrons. The molecule has 0 amide bonds. The molecule has 0 aliphatic carbocycles. The van der Waals surface area contributed by atoms with E-state index in [2.05, 4.69) is 4.98 Å². The third kappa shape index (κ3) is 2.67. The van der Waals surface area contributed by atoms with E-state index in [0.717, 1.165) is 5.82 Å². The largest absolute Gasteiger partial charge is 0.504 e. The molecule has 3 aromatic rings. The van der Waals surface area contributed by atoms with Crippen LogP contribution in [0.5, 0.6) is 11.5 Å². The Bertz CT molecular complexity index is 1050. The van der Waals surface area contributed by atoms with Crippen molar-refractivity contribution in [1.82, 2.24) is 4.98 Å². The van der Waals surface area contributed by atoms with Gasteiger partial charge in [-0.2, -0.15) is 0 Å². The van der Waals surface area contributed by atoms with Gasteiger partial charge in [-0.05, 0) is 30.7 Å². The van der Waals surface area contributed by atoms with Crippen molar-refractivity contribution in [3.8, 4) is 22.6 Å². The fourth-order valence-electron chi connectivity index (χ4n) is 2.87. The fourth-order valence-corrected chi connectivity index (χ4v) is 2.87. The number of aldehydes is 1. The number of pyridine rings is 1. The highest BCUT2D eigenvalue weighted by Gasteiger charge is 2.21. The van der Waals surface area contributed by atoms with Crippen molar-refractivity contribution < 1.29 is 19.1 Å². The predicted octanol–water partition coefficient (Wildman–Crippen LogP) is 2.76. The van der Waals surface area contributed by atoms with Crippen molar-refractivity contribution in [1.29, 1.82) is 0 Å². The van der Waals surface area contributed by atoms with Gasteiger partial charge in [0.25, 0.3) is 0 Å². The average Bonchev–Trinajstić information content (AvgIpc) is 2.62. The maximum atomic E-state index is 12.6. The lowest BCUT2D eigenvalue weighted by atomic mass is 9.98. The second-order valence-corrected chi connectivity index (χ2v) is 6.02. The smallest absolute Gasteiger partial charge is 0.344 e. The normalized spacial score (nSPS) is 10.8. The summed E-state index contributed by atoms with van der Waals surface area (Å²) in [4.78, 5) is 30.1. The third-order valence-corrected chi connectivity index (χ3v) is 4.26. The number of phenolic OH excluding ortho intramolecular Hbond substituents is 1. The Balaban J connectivity index is 2.33. The molecule has 26 heavy (non-hydrogen) atoms. The van der Waals surface area contributed by atoms with Gasteiger partial charge in [0.05, 0.1) is 12.7 Å². The van der Waals surface area contributed by atoms with E-state index < -0.39 is 5.63 Å². The zero-order valence-electron chi connectivity index (χ0n) is 14.9. The van der Waals surface area contributed by atoms with Gasteiger partial charge in [-0.3, -0.25) is 4.79 Å². The number of aryl methyl sites for hydroxylation is 1. The lowest BCUT2D eigenvalue weighted by Gasteiger charge is -2.14. The topological polar surface area (TPSA) is 92.9 Å². The number of nitrogens with zero attached hydrogens (tertiary/aromatic N) is 2. The molecule has 0 saturated carbocycles. The van der Waals surface area contributed by atoms with Gasteiger partial charge in [-0.25, -0.2) is 9.78 Å². The fraction of sp³-hybridized carbons (Fsp3) is 0.211. The highest BCUT2D eigenvalue weighted by atomic mass is 16.5. The number of hydrogen-bond donors (Lipinski definition) is 1. The van der Waals surface area contributed by atoms with Crippen molar-refractivity contribution >= 4 is 23.1 Å². The van der Waals surface area contributed by atoms with Gasteiger partial charge in [-0.15, -0.1) is 0 Å². The number of aromatic nitrogens is 1. The van der Waals surface area contributed by atoms with E-state index in [1.54, 1.807) is 31.3 Å². The number of hydrogen-bond acceptors (Lipinski definition) is 7. The minimum atomic E-state index is -0.609. The molecule has 0 unspecified atom stereocenters. The number of ether oxygens (including phenoxy) is 1. The molecular formula is C19H18N2O5. The molecule has 0 spiro atoms. The Morgan fingerprint density at radius 2 is 2.04 bits per heavy atom. The molecule has 0 atom stereocenters. The Kier molecular flexibility index (Phi) is 4.38. The van der Waals surface area contributed by atoms with Crippen LogP contribution in [-0.4, -0.2) is 37.6 Å².